The summed E-state index contributed by atoms with van der Waals surface area (Å²) in [5, 5.41) is 7.98. The highest BCUT2D eigenvalue weighted by molar-refractivity contribution is 5.96. The maximum absolute atomic E-state index is 15.3. The summed E-state index contributed by atoms with van der Waals surface area (Å²) in [6, 6.07) is 10.5. The normalized spacial score (nSPS) is 12.1. The van der Waals surface area contributed by atoms with Gasteiger partial charge in [0.15, 0.2) is 5.65 Å². The van der Waals surface area contributed by atoms with Gasteiger partial charge in [-0.05, 0) is 55.5 Å². The summed E-state index contributed by atoms with van der Waals surface area (Å²) >= 11 is 0. The largest absolute Gasteiger partial charge is 0.492 e. The average molecular weight is 515 g/mol. The number of benzene rings is 2. The molecule has 0 radical (unpaired) electrons. The standard InChI is InChI=1S/C29H31FN6O2/c1-5-6-7-18(2)15-37-28-19(3)8-9-23-27(28)29(33-16-31-23)35-24-12-20(4)25(14-22(24)30)38-21-10-11-36-26(13-21)32-17-34-36/h8-14,16-18H,5-7,15H2,1-4H3,(H,31,33,35). The smallest absolute Gasteiger partial charge is 0.158 e. The number of anilines is 2. The predicted molar refractivity (Wildman–Crippen MR) is 146 cm³/mol. The summed E-state index contributed by atoms with van der Waals surface area (Å²) in [5.74, 6) is 2.10. The average Bonchev–Trinajstić information content (AvgIpc) is 3.38. The SMILES string of the molecule is CCCCC(C)COc1c(C)ccc2ncnc(Nc3cc(C)c(Oc4ccn5ncnc5c4)cc3F)c12. The Morgan fingerprint density at radius 3 is 2.74 bits per heavy atom. The Morgan fingerprint density at radius 1 is 1.03 bits per heavy atom. The fourth-order valence-electron chi connectivity index (χ4n) is 4.35. The van der Waals surface area contributed by atoms with Crippen LogP contribution in [0.15, 0.2) is 55.2 Å². The van der Waals surface area contributed by atoms with Crippen LogP contribution in [-0.2, 0) is 0 Å². The Labute approximate surface area is 220 Å². The van der Waals surface area contributed by atoms with Crippen molar-refractivity contribution in [3.05, 3.63) is 72.2 Å². The Morgan fingerprint density at radius 2 is 1.89 bits per heavy atom. The van der Waals surface area contributed by atoms with Crippen LogP contribution in [0.2, 0.25) is 0 Å². The van der Waals surface area contributed by atoms with E-state index >= 15 is 4.39 Å². The maximum atomic E-state index is 15.3. The van der Waals surface area contributed by atoms with Crippen LogP contribution in [0.25, 0.3) is 16.6 Å². The van der Waals surface area contributed by atoms with E-state index in [0.29, 0.717) is 35.5 Å². The number of nitrogens with zero attached hydrogens (tertiary/aromatic N) is 5. The molecule has 0 aliphatic carbocycles. The summed E-state index contributed by atoms with van der Waals surface area (Å²) in [5.41, 5.74) is 3.38. The molecule has 0 bridgehead atoms. The Balaban J connectivity index is 1.42. The number of ether oxygens (including phenoxy) is 2. The number of halogens is 1. The van der Waals surface area contributed by atoms with Crippen molar-refractivity contribution in [1.82, 2.24) is 24.6 Å². The van der Waals surface area contributed by atoms with Gasteiger partial charge in [-0.2, -0.15) is 5.10 Å². The fraction of sp³-hybridized carbons (Fsp3) is 0.310. The molecule has 9 heteroatoms. The number of fused-ring (bicyclic) bond motifs is 2. The van der Waals surface area contributed by atoms with Crippen LogP contribution < -0.4 is 14.8 Å². The molecule has 0 saturated carbocycles. The molecule has 5 rings (SSSR count). The molecule has 0 amide bonds. The van der Waals surface area contributed by atoms with Crippen molar-refractivity contribution in [2.24, 2.45) is 5.92 Å². The van der Waals surface area contributed by atoms with E-state index in [2.05, 4.69) is 39.2 Å². The summed E-state index contributed by atoms with van der Waals surface area (Å²) in [6.45, 7) is 8.83. The zero-order valence-corrected chi connectivity index (χ0v) is 22.0. The molecule has 1 unspecified atom stereocenters. The Hall–Kier alpha value is -4.27. The van der Waals surface area contributed by atoms with Crippen molar-refractivity contribution in [3.63, 3.8) is 0 Å². The predicted octanol–water partition coefficient (Wildman–Crippen LogP) is 7.17. The minimum Gasteiger partial charge on any atom is -0.492 e. The molecule has 8 nitrogen and oxygen atoms in total. The van der Waals surface area contributed by atoms with Crippen molar-refractivity contribution >= 4 is 28.1 Å². The van der Waals surface area contributed by atoms with Crippen LogP contribution in [0.5, 0.6) is 17.2 Å². The van der Waals surface area contributed by atoms with Crippen molar-refractivity contribution in [3.8, 4) is 17.2 Å². The number of hydrogen-bond acceptors (Lipinski definition) is 7. The molecule has 1 atom stereocenters. The number of rotatable bonds is 10. The van der Waals surface area contributed by atoms with Crippen molar-refractivity contribution in [1.29, 1.82) is 0 Å². The van der Waals surface area contributed by atoms with Gasteiger partial charge in [-0.1, -0.05) is 32.8 Å². The highest BCUT2D eigenvalue weighted by Gasteiger charge is 2.17. The molecular formula is C29H31FN6O2. The molecule has 0 fully saturated rings. The summed E-state index contributed by atoms with van der Waals surface area (Å²) in [4.78, 5) is 13.0. The first kappa shape index (κ1) is 25.4. The van der Waals surface area contributed by atoms with Gasteiger partial charge in [-0.15, -0.1) is 0 Å². The Kier molecular flexibility index (Phi) is 7.35. The zero-order chi connectivity index (χ0) is 26.6. The lowest BCUT2D eigenvalue weighted by atomic mass is 10.1. The number of nitrogens with one attached hydrogen (secondary N) is 1. The van der Waals surface area contributed by atoms with Crippen LogP contribution in [-0.4, -0.2) is 31.2 Å². The van der Waals surface area contributed by atoms with Gasteiger partial charge >= 0.3 is 0 Å². The summed E-state index contributed by atoms with van der Waals surface area (Å²) in [6.07, 6.45) is 8.11. The third-order valence-electron chi connectivity index (χ3n) is 6.51. The van der Waals surface area contributed by atoms with Gasteiger partial charge in [0.05, 0.1) is 23.2 Å². The number of aryl methyl sites for hydroxylation is 2. The topological polar surface area (TPSA) is 86.5 Å². The van der Waals surface area contributed by atoms with Crippen molar-refractivity contribution in [2.75, 3.05) is 11.9 Å². The monoisotopic (exact) mass is 514 g/mol. The molecule has 5 aromatic rings. The second kappa shape index (κ2) is 11.0. The van der Waals surface area contributed by atoms with Crippen LogP contribution >= 0.6 is 0 Å². The zero-order valence-electron chi connectivity index (χ0n) is 22.0. The number of hydrogen-bond donors (Lipinski definition) is 1. The van der Waals surface area contributed by atoms with Crippen LogP contribution in [0.4, 0.5) is 15.9 Å². The van der Waals surface area contributed by atoms with Gasteiger partial charge < -0.3 is 14.8 Å². The number of aromatic nitrogens is 5. The van der Waals surface area contributed by atoms with E-state index in [9.17, 15) is 0 Å². The van der Waals surface area contributed by atoms with Gasteiger partial charge in [0.2, 0.25) is 0 Å². The molecule has 196 valence electrons. The van der Waals surface area contributed by atoms with Gasteiger partial charge in [0, 0.05) is 18.3 Å². The van der Waals surface area contributed by atoms with E-state index in [1.54, 1.807) is 28.9 Å². The van der Waals surface area contributed by atoms with E-state index in [0.717, 1.165) is 40.6 Å². The molecular weight excluding hydrogens is 483 g/mol. The van der Waals surface area contributed by atoms with Gasteiger partial charge in [0.25, 0.3) is 0 Å². The first-order valence-corrected chi connectivity index (χ1v) is 12.8. The quantitative estimate of drug-likeness (QED) is 0.211. The molecule has 38 heavy (non-hydrogen) atoms. The van der Waals surface area contributed by atoms with E-state index in [1.807, 2.05) is 26.0 Å². The minimum absolute atomic E-state index is 0.284. The number of pyridine rings is 1. The lowest BCUT2D eigenvalue weighted by Gasteiger charge is -2.18. The van der Waals surface area contributed by atoms with Crippen molar-refractivity contribution < 1.29 is 13.9 Å². The van der Waals surface area contributed by atoms with Crippen molar-refractivity contribution in [2.45, 2.75) is 47.0 Å². The molecule has 0 aliphatic rings. The lowest BCUT2D eigenvalue weighted by molar-refractivity contribution is 0.251. The third kappa shape index (κ3) is 5.37. The maximum Gasteiger partial charge on any atom is 0.158 e. The van der Waals surface area contributed by atoms with E-state index in [4.69, 9.17) is 9.47 Å². The summed E-state index contributed by atoms with van der Waals surface area (Å²) < 4.78 is 29.2. The van der Waals surface area contributed by atoms with E-state index in [1.165, 1.54) is 25.1 Å². The van der Waals surface area contributed by atoms with Gasteiger partial charge in [-0.25, -0.2) is 23.9 Å². The highest BCUT2D eigenvalue weighted by Crippen LogP contribution is 2.37. The molecule has 2 aromatic carbocycles. The first-order chi connectivity index (χ1) is 18.4. The molecule has 0 spiro atoms. The second-order valence-corrected chi connectivity index (χ2v) is 9.64. The Bertz CT molecular complexity index is 1590. The van der Waals surface area contributed by atoms with Gasteiger partial charge in [0.1, 0.15) is 41.5 Å². The molecule has 1 N–H and O–H groups in total. The third-order valence-corrected chi connectivity index (χ3v) is 6.51. The summed E-state index contributed by atoms with van der Waals surface area (Å²) in [7, 11) is 0. The van der Waals surface area contributed by atoms with Crippen LogP contribution in [0, 0.1) is 25.6 Å². The second-order valence-electron chi connectivity index (χ2n) is 9.64. The molecule has 0 aliphatic heterocycles. The lowest BCUT2D eigenvalue weighted by Crippen LogP contribution is -2.10. The minimum atomic E-state index is -0.468. The van der Waals surface area contributed by atoms with Crippen LogP contribution in [0.1, 0.15) is 44.2 Å². The number of unbranched alkanes of at least 4 members (excludes halogenated alkanes) is 1. The first-order valence-electron chi connectivity index (χ1n) is 12.8. The molecule has 3 aromatic heterocycles. The van der Waals surface area contributed by atoms with Gasteiger partial charge in [-0.3, -0.25) is 0 Å². The van der Waals surface area contributed by atoms with Crippen LogP contribution in [0.3, 0.4) is 0 Å². The van der Waals surface area contributed by atoms with E-state index in [-0.39, 0.29) is 5.69 Å². The van der Waals surface area contributed by atoms with E-state index < -0.39 is 5.82 Å². The molecule has 3 heterocycles. The fourth-order valence-corrected chi connectivity index (χ4v) is 4.35. The highest BCUT2D eigenvalue weighted by atomic mass is 19.1. The molecule has 0 saturated heterocycles.